The molecule has 1 unspecified atom stereocenters. The molecule has 0 spiro atoms. The van der Waals surface area contributed by atoms with Crippen LogP contribution >= 0.6 is 0 Å². The van der Waals surface area contributed by atoms with Crippen LogP contribution in [0.4, 0.5) is 0 Å². The van der Waals surface area contributed by atoms with E-state index in [9.17, 15) is 27.0 Å². The Morgan fingerprint density at radius 3 is 2.33 bits per heavy atom. The highest BCUT2D eigenvalue weighted by Crippen LogP contribution is 2.62. The summed E-state index contributed by atoms with van der Waals surface area (Å²) >= 11 is 0. The molecule has 4 rings (SSSR count). The summed E-state index contributed by atoms with van der Waals surface area (Å²) in [4.78, 5) is 42.8. The zero-order valence-electron chi connectivity index (χ0n) is 22.6. The summed E-state index contributed by atoms with van der Waals surface area (Å²) in [6.45, 7) is -0.134. The Morgan fingerprint density at radius 2 is 1.73 bits per heavy atom. The molecular formula is C27H31NO10S2. The second-order valence-corrected chi connectivity index (χ2v) is 12.8. The van der Waals surface area contributed by atoms with Crippen LogP contribution in [0.25, 0.3) is 0 Å². The van der Waals surface area contributed by atoms with Gasteiger partial charge in [0.05, 0.1) is 43.9 Å². The molecule has 2 fully saturated rings. The number of benzene rings is 2. The Balaban J connectivity index is 1.97. The molecule has 1 heterocycles. The van der Waals surface area contributed by atoms with Crippen LogP contribution in [0.3, 0.4) is 0 Å². The van der Waals surface area contributed by atoms with Gasteiger partial charge in [0.15, 0.2) is 17.6 Å². The number of nitrogens with zero attached hydrogens (tertiary/aromatic N) is 1. The van der Waals surface area contributed by atoms with E-state index in [4.69, 9.17) is 18.4 Å². The van der Waals surface area contributed by atoms with Crippen LogP contribution in [0.1, 0.15) is 24.8 Å². The van der Waals surface area contributed by atoms with Crippen LogP contribution in [-0.2, 0) is 49.8 Å². The van der Waals surface area contributed by atoms with Gasteiger partial charge in [-0.15, -0.1) is 0 Å². The highest BCUT2D eigenvalue weighted by atomic mass is 32.2. The number of carbonyl (C=O) groups is 3. The fourth-order valence-electron chi connectivity index (χ4n) is 5.96. The van der Waals surface area contributed by atoms with Crippen LogP contribution in [0, 0.1) is 5.41 Å². The van der Waals surface area contributed by atoms with E-state index in [0.717, 1.165) is 13.4 Å². The number of Topliss-reactive ketones (excluding diaryl/α,β-unsaturated/α-hetero) is 1. The molecule has 1 aliphatic carbocycles. The molecule has 40 heavy (non-hydrogen) atoms. The standard InChI is InChI=1S/C27H31NO10S2/c1-35-21-11-10-18(16-22(21)36-2)27-13-12-19(29)17-26(27,25(31)37-3)23(38-40(4,33)34)24(30)28(27)14-15-39(32)20-8-6-5-7-9-20/h5-11,16,23H,12-15,17H2,1-4H3/t23-,26-,27+,39?/m0/s1. The first-order valence-electron chi connectivity index (χ1n) is 12.4. The Bertz CT molecular complexity index is 1440. The topological polar surface area (TPSA) is 143 Å². The van der Waals surface area contributed by atoms with Crippen molar-refractivity contribution in [3.05, 3.63) is 54.1 Å². The Morgan fingerprint density at radius 1 is 1.05 bits per heavy atom. The number of fused-ring (bicyclic) bond motifs is 1. The van der Waals surface area contributed by atoms with Gasteiger partial charge in [-0.25, -0.2) is 0 Å². The second kappa shape index (κ2) is 11.3. The molecule has 1 aliphatic heterocycles. The lowest BCUT2D eigenvalue weighted by molar-refractivity contribution is -0.172. The maximum Gasteiger partial charge on any atom is 0.318 e. The van der Waals surface area contributed by atoms with Crippen LogP contribution in [0.2, 0.25) is 0 Å². The predicted octanol–water partition coefficient (Wildman–Crippen LogP) is 1.81. The number of hydrogen-bond acceptors (Lipinski definition) is 10. The van der Waals surface area contributed by atoms with Crippen molar-refractivity contribution in [3.8, 4) is 11.5 Å². The molecule has 13 heteroatoms. The van der Waals surface area contributed by atoms with Gasteiger partial charge in [-0.2, -0.15) is 8.42 Å². The van der Waals surface area contributed by atoms with Gasteiger partial charge in [0.2, 0.25) is 0 Å². The highest BCUT2D eigenvalue weighted by molar-refractivity contribution is 7.86. The van der Waals surface area contributed by atoms with Gasteiger partial charge in [-0.3, -0.25) is 22.8 Å². The SMILES string of the molecule is COC(=O)[C@@]12CC(=O)CC[C@]1(c1ccc(OC)c(OC)c1)N(CCS(=O)c1ccccc1)C(=O)[C@@H]2OS(C)(=O)=O. The molecule has 0 N–H and O–H groups in total. The quantitative estimate of drug-likeness (QED) is 0.296. The molecule has 2 aromatic rings. The smallest absolute Gasteiger partial charge is 0.318 e. The van der Waals surface area contributed by atoms with E-state index in [1.165, 1.54) is 19.1 Å². The first-order valence-corrected chi connectivity index (χ1v) is 15.5. The summed E-state index contributed by atoms with van der Waals surface area (Å²) in [5.74, 6) is -1.51. The first-order chi connectivity index (χ1) is 18.9. The van der Waals surface area contributed by atoms with Gasteiger partial charge in [-0.05, 0) is 36.2 Å². The van der Waals surface area contributed by atoms with Crippen molar-refractivity contribution in [3.63, 3.8) is 0 Å². The van der Waals surface area contributed by atoms with Crippen molar-refractivity contribution in [1.29, 1.82) is 0 Å². The summed E-state index contributed by atoms with van der Waals surface area (Å²) in [5, 5.41) is 0. The molecular weight excluding hydrogens is 562 g/mol. The van der Waals surface area contributed by atoms with Crippen LogP contribution < -0.4 is 9.47 Å². The first kappa shape index (κ1) is 29.7. The van der Waals surface area contributed by atoms with Crippen LogP contribution in [0.15, 0.2) is 53.4 Å². The Hall–Kier alpha value is -3.29. The fraction of sp³-hybridized carbons (Fsp3) is 0.444. The van der Waals surface area contributed by atoms with E-state index >= 15 is 0 Å². The zero-order chi connectivity index (χ0) is 29.3. The van der Waals surface area contributed by atoms with Gasteiger partial charge in [0.25, 0.3) is 16.0 Å². The maximum atomic E-state index is 14.1. The number of hydrogen-bond donors (Lipinski definition) is 0. The lowest BCUT2D eigenvalue weighted by Crippen LogP contribution is -2.61. The lowest BCUT2D eigenvalue weighted by atomic mass is 9.57. The van der Waals surface area contributed by atoms with Gasteiger partial charge in [0, 0.05) is 30.0 Å². The second-order valence-electron chi connectivity index (χ2n) is 9.64. The Kier molecular flexibility index (Phi) is 8.38. The van der Waals surface area contributed by atoms with E-state index in [1.54, 1.807) is 48.5 Å². The number of methoxy groups -OCH3 is 3. The number of ether oxygens (including phenoxy) is 3. The van der Waals surface area contributed by atoms with Crippen LogP contribution in [0.5, 0.6) is 11.5 Å². The van der Waals surface area contributed by atoms with Crippen molar-refractivity contribution < 1.29 is 45.4 Å². The molecule has 1 saturated heterocycles. The van der Waals surface area contributed by atoms with Gasteiger partial charge in [0.1, 0.15) is 11.2 Å². The zero-order valence-corrected chi connectivity index (χ0v) is 24.2. The number of esters is 1. The van der Waals surface area contributed by atoms with Crippen molar-refractivity contribution in [2.75, 3.05) is 39.9 Å². The minimum atomic E-state index is -4.29. The molecule has 11 nitrogen and oxygen atoms in total. The normalized spacial score (nSPS) is 25.3. The van der Waals surface area contributed by atoms with Crippen molar-refractivity contribution in [2.24, 2.45) is 5.41 Å². The molecule has 1 amide bonds. The summed E-state index contributed by atoms with van der Waals surface area (Å²) in [6.07, 6.45) is -1.68. The van der Waals surface area contributed by atoms with Crippen LogP contribution in [-0.4, -0.2) is 81.2 Å². The van der Waals surface area contributed by atoms with Crippen molar-refractivity contribution in [1.82, 2.24) is 4.90 Å². The van der Waals surface area contributed by atoms with Crippen molar-refractivity contribution >= 4 is 38.6 Å². The van der Waals surface area contributed by atoms with E-state index in [0.29, 0.717) is 16.2 Å². The number of carbonyl (C=O) groups excluding carboxylic acids is 3. The third kappa shape index (κ3) is 4.90. The fourth-order valence-corrected chi connectivity index (χ4v) is 7.60. The average Bonchev–Trinajstić information content (AvgIpc) is 3.14. The van der Waals surface area contributed by atoms with E-state index in [2.05, 4.69) is 0 Å². The summed E-state index contributed by atoms with van der Waals surface area (Å²) < 4.78 is 59.4. The Labute approximate surface area is 235 Å². The molecule has 4 atom stereocenters. The van der Waals surface area contributed by atoms with Crippen molar-refractivity contribution in [2.45, 2.75) is 35.8 Å². The molecule has 0 aromatic heterocycles. The maximum absolute atomic E-state index is 14.1. The van der Waals surface area contributed by atoms with E-state index in [-0.39, 0.29) is 36.7 Å². The number of likely N-dealkylation sites (tertiary alicyclic amines) is 1. The largest absolute Gasteiger partial charge is 0.493 e. The third-order valence-corrected chi connectivity index (χ3v) is 9.46. The predicted molar refractivity (Wildman–Crippen MR) is 144 cm³/mol. The third-order valence-electron chi connectivity index (χ3n) is 7.57. The number of amides is 1. The summed E-state index contributed by atoms with van der Waals surface area (Å²) in [7, 11) is -1.85. The van der Waals surface area contributed by atoms with E-state index < -0.39 is 56.3 Å². The summed E-state index contributed by atoms with van der Waals surface area (Å²) in [5.41, 5.74) is -3.27. The lowest BCUT2D eigenvalue weighted by Gasteiger charge is -2.50. The minimum absolute atomic E-state index is 0.00968. The number of rotatable bonds is 10. The van der Waals surface area contributed by atoms with E-state index in [1.807, 2.05) is 0 Å². The minimum Gasteiger partial charge on any atom is -0.493 e. The number of ketones is 1. The summed E-state index contributed by atoms with van der Waals surface area (Å²) in [6, 6.07) is 13.5. The molecule has 2 aromatic carbocycles. The molecule has 1 saturated carbocycles. The monoisotopic (exact) mass is 593 g/mol. The molecule has 0 bridgehead atoms. The molecule has 2 aliphatic rings. The van der Waals surface area contributed by atoms with Gasteiger partial charge in [-0.1, -0.05) is 24.3 Å². The highest BCUT2D eigenvalue weighted by Gasteiger charge is 2.76. The average molecular weight is 594 g/mol. The van der Waals surface area contributed by atoms with Gasteiger partial charge < -0.3 is 19.1 Å². The molecule has 216 valence electrons. The van der Waals surface area contributed by atoms with Gasteiger partial charge >= 0.3 is 5.97 Å². The molecule has 0 radical (unpaired) electrons.